The summed E-state index contributed by atoms with van der Waals surface area (Å²) in [4.78, 5) is 11.3. The Morgan fingerprint density at radius 1 is 1.44 bits per heavy atom. The molecule has 16 heavy (non-hydrogen) atoms. The molecule has 0 aliphatic heterocycles. The molecule has 0 N–H and O–H groups in total. The maximum atomic E-state index is 11.4. The number of rotatable bonds is 2. The van der Waals surface area contributed by atoms with Gasteiger partial charge in [0, 0.05) is 10.7 Å². The largest absolute Gasteiger partial charge is 0.365 e. The van der Waals surface area contributed by atoms with E-state index in [0.717, 1.165) is 0 Å². The Balaban J connectivity index is 2.83. The molecule has 1 aromatic carbocycles. The topological polar surface area (TPSA) is 69.3 Å². The Bertz CT molecular complexity index is 698. The van der Waals surface area contributed by atoms with Crippen LogP contribution in [0.25, 0.3) is 10.9 Å². The predicted molar refractivity (Wildman–Crippen MR) is 59.2 cm³/mol. The first-order chi connectivity index (χ1) is 7.43. The highest BCUT2D eigenvalue weighted by molar-refractivity contribution is 8.13. The number of aromatic nitrogens is 1. The second kappa shape index (κ2) is 3.64. The van der Waals surface area contributed by atoms with Gasteiger partial charge >= 0.3 is 5.63 Å². The summed E-state index contributed by atoms with van der Waals surface area (Å²) in [5.41, 5.74) is -0.0180. The number of hydrogen-bond donors (Lipinski definition) is 0. The van der Waals surface area contributed by atoms with E-state index in [1.165, 1.54) is 22.9 Å². The van der Waals surface area contributed by atoms with Gasteiger partial charge in [0.15, 0.2) is 0 Å². The van der Waals surface area contributed by atoms with Crippen molar-refractivity contribution in [3.05, 3.63) is 28.6 Å². The van der Waals surface area contributed by atoms with Gasteiger partial charge < -0.3 is 4.52 Å². The highest BCUT2D eigenvalue weighted by atomic mass is 35.7. The molecular weight excluding hydrogens is 254 g/mol. The molecule has 0 atom stereocenters. The zero-order valence-electron chi connectivity index (χ0n) is 8.31. The minimum Gasteiger partial charge on any atom is -0.335 e. The van der Waals surface area contributed by atoms with E-state index in [1.54, 1.807) is 0 Å². The van der Waals surface area contributed by atoms with Gasteiger partial charge in [-0.2, -0.15) is 0 Å². The van der Waals surface area contributed by atoms with Gasteiger partial charge in [0.05, 0.1) is 22.3 Å². The monoisotopic (exact) mass is 261 g/mol. The lowest BCUT2D eigenvalue weighted by molar-refractivity contribution is 0.270. The number of benzene rings is 1. The molecule has 0 fully saturated rings. The van der Waals surface area contributed by atoms with Crippen LogP contribution in [-0.2, 0) is 15.6 Å². The zero-order valence-corrected chi connectivity index (χ0v) is 9.88. The summed E-state index contributed by atoms with van der Waals surface area (Å²) < 4.78 is 28.5. The van der Waals surface area contributed by atoms with Crippen LogP contribution >= 0.6 is 10.7 Å². The summed E-state index contributed by atoms with van der Waals surface area (Å²) in [5, 5.41) is 0.212. The maximum absolute atomic E-state index is 11.4. The Morgan fingerprint density at radius 2 is 2.12 bits per heavy atom. The zero-order chi connectivity index (χ0) is 11.9. The van der Waals surface area contributed by atoms with Crippen molar-refractivity contribution in [1.82, 2.24) is 4.74 Å². The number of fused-ring (bicyclic) bond motifs is 1. The van der Waals surface area contributed by atoms with Crippen LogP contribution < -0.4 is 5.63 Å². The lowest BCUT2D eigenvalue weighted by atomic mass is 10.2. The minimum absolute atomic E-state index is 0.109. The summed E-state index contributed by atoms with van der Waals surface area (Å²) in [5.74, 6) is 0. The SMILES string of the molecule is CCn1oc(=O)c2cc(S(=O)(=O)Cl)ccc21. The Hall–Kier alpha value is -1.27. The highest BCUT2D eigenvalue weighted by Gasteiger charge is 2.14. The molecular formula is C9H8ClNO4S. The van der Waals surface area contributed by atoms with Crippen LogP contribution in [0.5, 0.6) is 0 Å². The fraction of sp³-hybridized carbons (Fsp3) is 0.222. The van der Waals surface area contributed by atoms with E-state index in [2.05, 4.69) is 0 Å². The van der Waals surface area contributed by atoms with E-state index in [4.69, 9.17) is 15.2 Å². The minimum atomic E-state index is -3.83. The fourth-order valence-corrected chi connectivity index (χ4v) is 2.26. The van der Waals surface area contributed by atoms with Crippen molar-refractivity contribution in [1.29, 1.82) is 0 Å². The molecule has 0 aliphatic carbocycles. The molecule has 0 spiro atoms. The Labute approximate surface area is 95.6 Å². The molecule has 2 rings (SSSR count). The summed E-state index contributed by atoms with van der Waals surface area (Å²) in [6.45, 7) is 2.31. The molecule has 0 saturated carbocycles. The van der Waals surface area contributed by atoms with E-state index < -0.39 is 14.7 Å². The number of hydrogen-bond acceptors (Lipinski definition) is 4. The third kappa shape index (κ3) is 1.74. The van der Waals surface area contributed by atoms with E-state index >= 15 is 0 Å². The summed E-state index contributed by atoms with van der Waals surface area (Å²) in [6.07, 6.45) is 0. The average molecular weight is 262 g/mol. The van der Waals surface area contributed by atoms with Crippen molar-refractivity contribution in [2.75, 3.05) is 0 Å². The summed E-state index contributed by atoms with van der Waals surface area (Å²) >= 11 is 0. The van der Waals surface area contributed by atoms with Crippen molar-refractivity contribution in [3.63, 3.8) is 0 Å². The normalized spacial score (nSPS) is 12.1. The van der Waals surface area contributed by atoms with E-state index in [-0.39, 0.29) is 10.3 Å². The molecule has 7 heteroatoms. The standard InChI is InChI=1S/C9H8ClNO4S/c1-2-11-8-4-3-6(16(10,13)14)5-7(8)9(12)15-11/h3-5H,2H2,1H3. The highest BCUT2D eigenvalue weighted by Crippen LogP contribution is 2.20. The maximum Gasteiger partial charge on any atom is 0.365 e. The number of aryl methyl sites for hydroxylation is 1. The van der Waals surface area contributed by atoms with Gasteiger partial charge in [-0.3, -0.25) is 0 Å². The smallest absolute Gasteiger partial charge is 0.335 e. The van der Waals surface area contributed by atoms with Gasteiger partial charge in [-0.1, -0.05) is 0 Å². The van der Waals surface area contributed by atoms with Crippen molar-refractivity contribution in [3.8, 4) is 0 Å². The molecule has 1 aromatic heterocycles. The molecule has 0 aliphatic rings. The first kappa shape index (κ1) is 11.2. The molecule has 0 amide bonds. The number of halogens is 1. The van der Waals surface area contributed by atoms with Crippen molar-refractivity contribution in [2.45, 2.75) is 18.4 Å². The summed E-state index contributed by atoms with van der Waals surface area (Å²) in [7, 11) is 1.36. The van der Waals surface area contributed by atoms with Crippen LogP contribution in [0.4, 0.5) is 0 Å². The second-order valence-corrected chi connectivity index (χ2v) is 5.76. The van der Waals surface area contributed by atoms with Crippen LogP contribution in [0.2, 0.25) is 0 Å². The molecule has 5 nitrogen and oxygen atoms in total. The van der Waals surface area contributed by atoms with Crippen LogP contribution in [-0.4, -0.2) is 13.2 Å². The third-order valence-corrected chi connectivity index (χ3v) is 3.57. The second-order valence-electron chi connectivity index (χ2n) is 3.19. The molecule has 0 bridgehead atoms. The number of nitrogens with zero attached hydrogens (tertiary/aromatic N) is 1. The van der Waals surface area contributed by atoms with Crippen LogP contribution in [0, 0.1) is 0 Å². The van der Waals surface area contributed by atoms with Crippen LogP contribution in [0.3, 0.4) is 0 Å². The Morgan fingerprint density at radius 3 is 2.69 bits per heavy atom. The van der Waals surface area contributed by atoms with Gasteiger partial charge in [0.1, 0.15) is 0 Å². The van der Waals surface area contributed by atoms with Gasteiger partial charge in [0.25, 0.3) is 9.05 Å². The fourth-order valence-electron chi connectivity index (χ4n) is 1.48. The van der Waals surface area contributed by atoms with Gasteiger partial charge in [0.2, 0.25) is 0 Å². The third-order valence-electron chi connectivity index (χ3n) is 2.22. The molecule has 86 valence electrons. The van der Waals surface area contributed by atoms with Crippen LogP contribution in [0.15, 0.2) is 32.4 Å². The lowest BCUT2D eigenvalue weighted by Gasteiger charge is -1.97. The van der Waals surface area contributed by atoms with E-state index in [0.29, 0.717) is 12.1 Å². The average Bonchev–Trinajstić information content (AvgIpc) is 2.54. The molecule has 0 unspecified atom stereocenters. The van der Waals surface area contributed by atoms with Crippen LogP contribution in [0.1, 0.15) is 6.92 Å². The Kier molecular flexibility index (Phi) is 2.55. The first-order valence-corrected chi connectivity index (χ1v) is 6.83. The van der Waals surface area contributed by atoms with Gasteiger partial charge in [-0.25, -0.2) is 18.0 Å². The lowest BCUT2D eigenvalue weighted by Crippen LogP contribution is -1.94. The molecule has 2 aromatic rings. The molecule has 0 saturated heterocycles. The summed E-state index contributed by atoms with van der Waals surface area (Å²) in [6, 6.07) is 4.06. The van der Waals surface area contributed by atoms with Gasteiger partial charge in [-0.15, -0.1) is 0 Å². The van der Waals surface area contributed by atoms with Gasteiger partial charge in [-0.05, 0) is 25.1 Å². The van der Waals surface area contributed by atoms with E-state index in [1.807, 2.05) is 6.92 Å². The molecule has 1 heterocycles. The predicted octanol–water partition coefficient (Wildman–Crippen LogP) is 1.54. The van der Waals surface area contributed by atoms with Crippen molar-refractivity contribution < 1.29 is 12.9 Å². The quantitative estimate of drug-likeness (QED) is 0.769. The van der Waals surface area contributed by atoms with Crippen molar-refractivity contribution in [2.24, 2.45) is 0 Å². The molecule has 0 radical (unpaired) electrons. The first-order valence-electron chi connectivity index (χ1n) is 4.52. The van der Waals surface area contributed by atoms with Crippen molar-refractivity contribution >= 4 is 30.6 Å². The van der Waals surface area contributed by atoms with E-state index in [9.17, 15) is 13.2 Å².